The Morgan fingerprint density at radius 2 is 2.04 bits per heavy atom. The molecule has 1 aliphatic rings. The summed E-state index contributed by atoms with van der Waals surface area (Å²) in [5.41, 5.74) is 0.721. The van der Waals surface area contributed by atoms with Gasteiger partial charge in [-0.25, -0.2) is 4.39 Å². The van der Waals surface area contributed by atoms with Crippen molar-refractivity contribution in [3.63, 3.8) is 0 Å². The summed E-state index contributed by atoms with van der Waals surface area (Å²) in [4.78, 5) is 26.2. The average molecular weight is 536 g/mol. The zero-order valence-corrected chi connectivity index (χ0v) is 18.5. The number of halogens is 4. The predicted molar refractivity (Wildman–Crippen MR) is 111 cm³/mol. The quantitative estimate of drug-likeness (QED) is 0.435. The first-order valence-electron chi connectivity index (χ1n) is 7.53. The fourth-order valence-corrected chi connectivity index (χ4v) is 4.99. The monoisotopic (exact) mass is 533 g/mol. The van der Waals surface area contributed by atoms with Crippen molar-refractivity contribution in [2.75, 3.05) is 7.11 Å². The number of amides is 2. The minimum atomic E-state index is -0.567. The molecule has 1 saturated heterocycles. The van der Waals surface area contributed by atoms with Crippen LogP contribution in [0.15, 0.2) is 44.2 Å². The minimum absolute atomic E-state index is 0.102. The molecule has 1 heterocycles. The first-order chi connectivity index (χ1) is 12.8. The highest BCUT2D eigenvalue weighted by Gasteiger charge is 2.36. The highest BCUT2D eigenvalue weighted by Crippen LogP contribution is 2.39. The van der Waals surface area contributed by atoms with Crippen molar-refractivity contribution in [1.29, 1.82) is 0 Å². The van der Waals surface area contributed by atoms with Crippen molar-refractivity contribution >= 4 is 72.4 Å². The highest BCUT2D eigenvalue weighted by atomic mass is 79.9. The second-order valence-corrected chi connectivity index (χ2v) is 8.65. The lowest BCUT2D eigenvalue weighted by Crippen LogP contribution is -2.28. The van der Waals surface area contributed by atoms with Crippen LogP contribution in [0.2, 0.25) is 5.02 Å². The molecule has 4 nitrogen and oxygen atoms in total. The van der Waals surface area contributed by atoms with Gasteiger partial charge in [-0.1, -0.05) is 33.6 Å². The number of thioether (sulfide) groups is 1. The van der Waals surface area contributed by atoms with Crippen LogP contribution in [0, 0.1) is 5.82 Å². The molecule has 0 radical (unpaired) electrons. The van der Waals surface area contributed by atoms with Gasteiger partial charge in [0.2, 0.25) is 0 Å². The summed E-state index contributed by atoms with van der Waals surface area (Å²) >= 11 is 13.6. The van der Waals surface area contributed by atoms with Gasteiger partial charge in [0.25, 0.3) is 11.1 Å². The topological polar surface area (TPSA) is 46.6 Å². The molecule has 0 atom stereocenters. The molecule has 0 aromatic heterocycles. The molecule has 2 aromatic rings. The molecule has 1 fully saturated rings. The first-order valence-corrected chi connectivity index (χ1v) is 10.3. The number of ether oxygens (including phenoxy) is 1. The minimum Gasteiger partial charge on any atom is -0.495 e. The number of methoxy groups -OCH3 is 1. The molecule has 0 unspecified atom stereocenters. The maximum atomic E-state index is 14.0. The molecule has 9 heteroatoms. The van der Waals surface area contributed by atoms with Crippen molar-refractivity contribution in [1.82, 2.24) is 4.90 Å². The molecule has 2 aromatic carbocycles. The largest absolute Gasteiger partial charge is 0.495 e. The fourth-order valence-electron chi connectivity index (χ4n) is 2.52. The van der Waals surface area contributed by atoms with Crippen LogP contribution in [-0.2, 0) is 11.3 Å². The zero-order valence-electron chi connectivity index (χ0n) is 13.8. The summed E-state index contributed by atoms with van der Waals surface area (Å²) in [6, 6.07) is 7.79. The predicted octanol–water partition coefficient (Wildman–Crippen LogP) is 6.25. The number of imide groups is 1. The summed E-state index contributed by atoms with van der Waals surface area (Å²) in [5, 5.41) is -0.325. The van der Waals surface area contributed by atoms with E-state index in [1.165, 1.54) is 25.3 Å². The molecule has 140 valence electrons. The van der Waals surface area contributed by atoms with E-state index in [4.69, 9.17) is 16.3 Å². The van der Waals surface area contributed by atoms with Crippen LogP contribution in [-0.4, -0.2) is 23.2 Å². The number of hydrogen-bond acceptors (Lipinski definition) is 4. The zero-order chi connectivity index (χ0) is 19.7. The Balaban J connectivity index is 1.94. The molecule has 27 heavy (non-hydrogen) atoms. The molecule has 0 spiro atoms. The van der Waals surface area contributed by atoms with Crippen LogP contribution in [0.3, 0.4) is 0 Å². The molecule has 1 aliphatic heterocycles. The summed E-state index contributed by atoms with van der Waals surface area (Å²) in [5.74, 6) is -0.548. The van der Waals surface area contributed by atoms with E-state index in [0.717, 1.165) is 21.1 Å². The number of rotatable bonds is 4. The van der Waals surface area contributed by atoms with Crippen LogP contribution in [0.1, 0.15) is 11.1 Å². The van der Waals surface area contributed by atoms with Gasteiger partial charge in [0, 0.05) is 20.6 Å². The Kier molecular flexibility index (Phi) is 6.30. The maximum absolute atomic E-state index is 14.0. The van der Waals surface area contributed by atoms with Crippen molar-refractivity contribution < 1.29 is 18.7 Å². The number of benzene rings is 2. The van der Waals surface area contributed by atoms with Crippen LogP contribution in [0.5, 0.6) is 5.75 Å². The SMILES string of the molecule is COc1c(Br)cc(Br)cc1/C=C1\SC(=O)N(Cc2c(F)cccc2Cl)C1=O. The lowest BCUT2D eigenvalue weighted by molar-refractivity contribution is -0.123. The molecule has 0 bridgehead atoms. The summed E-state index contributed by atoms with van der Waals surface area (Å²) < 4.78 is 20.8. The van der Waals surface area contributed by atoms with E-state index in [-0.39, 0.29) is 22.0 Å². The van der Waals surface area contributed by atoms with E-state index < -0.39 is 17.0 Å². The summed E-state index contributed by atoms with van der Waals surface area (Å²) in [6.45, 7) is -0.229. The fraction of sp³-hybridized carbons (Fsp3) is 0.111. The standard InChI is InChI=1S/C18H11Br2ClFNO3S/c1-26-16-9(5-10(19)7-12(16)20)6-15-17(24)23(18(25)27-15)8-11-13(21)3-2-4-14(11)22/h2-7H,8H2,1H3/b15-6-. The van der Waals surface area contributed by atoms with Crippen LogP contribution in [0.25, 0.3) is 6.08 Å². The van der Waals surface area contributed by atoms with Gasteiger partial charge in [0.1, 0.15) is 11.6 Å². The Morgan fingerprint density at radius 3 is 2.70 bits per heavy atom. The molecular formula is C18H11Br2ClFNO3S. The molecule has 0 saturated carbocycles. The van der Waals surface area contributed by atoms with Gasteiger partial charge in [0.05, 0.1) is 23.0 Å². The van der Waals surface area contributed by atoms with Crippen molar-refractivity contribution in [2.45, 2.75) is 6.54 Å². The average Bonchev–Trinajstić information content (AvgIpc) is 2.85. The molecule has 3 rings (SSSR count). The number of carbonyl (C=O) groups is 2. The Bertz CT molecular complexity index is 963. The lowest BCUT2D eigenvalue weighted by Gasteiger charge is -2.14. The van der Waals surface area contributed by atoms with Crippen molar-refractivity contribution in [2.24, 2.45) is 0 Å². The van der Waals surface area contributed by atoms with E-state index in [9.17, 15) is 14.0 Å². The molecule has 0 N–H and O–H groups in total. The van der Waals surface area contributed by atoms with Gasteiger partial charge in [-0.2, -0.15) is 0 Å². The van der Waals surface area contributed by atoms with Crippen LogP contribution >= 0.6 is 55.2 Å². The van der Waals surface area contributed by atoms with Gasteiger partial charge >= 0.3 is 0 Å². The number of carbonyl (C=O) groups excluding carboxylic acids is 2. The Hall–Kier alpha value is -1.35. The lowest BCUT2D eigenvalue weighted by atomic mass is 10.1. The van der Waals surface area contributed by atoms with Gasteiger partial charge < -0.3 is 4.74 Å². The second kappa shape index (κ2) is 8.34. The van der Waals surface area contributed by atoms with E-state index >= 15 is 0 Å². The normalized spacial score (nSPS) is 15.7. The van der Waals surface area contributed by atoms with Crippen LogP contribution < -0.4 is 4.74 Å². The van der Waals surface area contributed by atoms with E-state index in [1.54, 1.807) is 12.1 Å². The first kappa shape index (κ1) is 20.4. The van der Waals surface area contributed by atoms with Gasteiger partial charge in [-0.05, 0) is 58.0 Å². The van der Waals surface area contributed by atoms with Gasteiger partial charge in [-0.15, -0.1) is 0 Å². The van der Waals surface area contributed by atoms with Crippen molar-refractivity contribution in [3.05, 3.63) is 66.1 Å². The Labute approximate surface area is 181 Å². The smallest absolute Gasteiger partial charge is 0.293 e. The van der Waals surface area contributed by atoms with Gasteiger partial charge in [-0.3, -0.25) is 14.5 Å². The van der Waals surface area contributed by atoms with E-state index in [1.807, 2.05) is 6.07 Å². The molecule has 2 amide bonds. The number of nitrogens with zero attached hydrogens (tertiary/aromatic N) is 1. The highest BCUT2D eigenvalue weighted by molar-refractivity contribution is 9.11. The second-order valence-electron chi connectivity index (χ2n) is 5.48. The molecule has 0 aliphatic carbocycles. The van der Waals surface area contributed by atoms with Crippen molar-refractivity contribution in [3.8, 4) is 5.75 Å². The van der Waals surface area contributed by atoms with E-state index in [2.05, 4.69) is 31.9 Å². The Morgan fingerprint density at radius 1 is 1.30 bits per heavy atom. The summed E-state index contributed by atoms with van der Waals surface area (Å²) in [7, 11) is 1.51. The summed E-state index contributed by atoms with van der Waals surface area (Å²) in [6.07, 6.45) is 1.57. The maximum Gasteiger partial charge on any atom is 0.293 e. The third-order valence-electron chi connectivity index (χ3n) is 3.78. The molecular weight excluding hydrogens is 525 g/mol. The third kappa shape index (κ3) is 4.23. The third-order valence-corrected chi connectivity index (χ3v) is 6.09. The van der Waals surface area contributed by atoms with Gasteiger partial charge in [0.15, 0.2) is 0 Å². The van der Waals surface area contributed by atoms with Crippen LogP contribution in [0.4, 0.5) is 9.18 Å². The number of hydrogen-bond donors (Lipinski definition) is 0. The van der Waals surface area contributed by atoms with E-state index in [0.29, 0.717) is 15.8 Å².